The van der Waals surface area contributed by atoms with E-state index in [0.29, 0.717) is 59.4 Å². The summed E-state index contributed by atoms with van der Waals surface area (Å²) < 4.78 is 31.3. The molecule has 5 rings (SSSR count). The zero-order valence-corrected chi connectivity index (χ0v) is 32.2. The van der Waals surface area contributed by atoms with Crippen LogP contribution in [-0.2, 0) is 27.3 Å². The summed E-state index contributed by atoms with van der Waals surface area (Å²) in [4.78, 5) is 39.5. The standard InChI is InChI=1S/C30H34FN5O4.C8H7BrO2.C2H6/c1-33-22-10-6-19(7-11-22)18-34-24-12-9-21(17-23(24)31)29-36-26-15-20(8-13-27(26)40-29)16-28(37)35-25(30(38)39-2)5-3-4-14-32;1-11-8-3-2-6(5-10)4-7(8)9;1-2/h6-13,15,17,25,33-34H,3-5,14,16,18,32H2,1-2H3,(H,35,37);2-5H,1H3;1-2H3. The van der Waals surface area contributed by atoms with Gasteiger partial charge in [0, 0.05) is 30.4 Å². The second kappa shape index (κ2) is 21.9. The number of esters is 1. The molecule has 1 unspecified atom stereocenters. The second-order valence-corrected chi connectivity index (χ2v) is 12.3. The number of aromatic nitrogens is 1. The normalized spacial score (nSPS) is 10.9. The Labute approximate surface area is 318 Å². The topological polar surface area (TPSA) is 158 Å². The Morgan fingerprint density at radius 3 is 2.34 bits per heavy atom. The number of anilines is 2. The van der Waals surface area contributed by atoms with Gasteiger partial charge >= 0.3 is 5.97 Å². The third kappa shape index (κ3) is 12.7. The summed E-state index contributed by atoms with van der Waals surface area (Å²) in [5, 5.41) is 8.93. The third-order valence-corrected chi connectivity index (χ3v) is 8.46. The maximum absolute atomic E-state index is 14.9. The van der Waals surface area contributed by atoms with E-state index in [0.717, 1.165) is 34.2 Å². The van der Waals surface area contributed by atoms with E-state index in [1.807, 2.05) is 45.2 Å². The lowest BCUT2D eigenvalue weighted by Crippen LogP contribution is -2.42. The Hall–Kier alpha value is -5.27. The average molecular weight is 793 g/mol. The Bertz CT molecular complexity index is 1940. The minimum Gasteiger partial charge on any atom is -0.496 e. The van der Waals surface area contributed by atoms with Gasteiger partial charge in [-0.2, -0.15) is 0 Å². The highest BCUT2D eigenvalue weighted by Gasteiger charge is 2.21. The Balaban J connectivity index is 0.000000494. The molecule has 1 atom stereocenters. The number of unbranched alkanes of at least 4 members (excludes halogenated alkanes) is 1. The highest BCUT2D eigenvalue weighted by atomic mass is 79.9. The lowest BCUT2D eigenvalue weighted by atomic mass is 10.1. The first-order valence-electron chi connectivity index (χ1n) is 17.2. The monoisotopic (exact) mass is 791 g/mol. The van der Waals surface area contributed by atoms with Crippen LogP contribution >= 0.6 is 15.9 Å². The predicted molar refractivity (Wildman–Crippen MR) is 211 cm³/mol. The molecule has 282 valence electrons. The zero-order valence-electron chi connectivity index (χ0n) is 30.6. The number of aldehydes is 1. The van der Waals surface area contributed by atoms with Crippen molar-refractivity contribution in [3.63, 3.8) is 0 Å². The van der Waals surface area contributed by atoms with E-state index in [1.54, 1.807) is 55.6 Å². The molecule has 0 radical (unpaired) electrons. The number of halogens is 2. The first-order chi connectivity index (χ1) is 25.7. The highest BCUT2D eigenvalue weighted by Crippen LogP contribution is 2.28. The molecule has 5 aromatic rings. The van der Waals surface area contributed by atoms with Gasteiger partial charge in [0.25, 0.3) is 0 Å². The van der Waals surface area contributed by atoms with Gasteiger partial charge in [-0.3, -0.25) is 9.59 Å². The van der Waals surface area contributed by atoms with Gasteiger partial charge in [-0.15, -0.1) is 0 Å². The van der Waals surface area contributed by atoms with Crippen molar-refractivity contribution in [2.75, 3.05) is 38.4 Å². The maximum Gasteiger partial charge on any atom is 0.328 e. The summed E-state index contributed by atoms with van der Waals surface area (Å²) in [6, 6.07) is 22.3. The third-order valence-electron chi connectivity index (χ3n) is 7.84. The number of methoxy groups -OCH3 is 2. The van der Waals surface area contributed by atoms with Crippen LogP contribution in [0.5, 0.6) is 5.75 Å². The van der Waals surface area contributed by atoms with Crippen molar-refractivity contribution in [3.8, 4) is 17.2 Å². The fourth-order valence-electron chi connectivity index (χ4n) is 5.06. The number of nitrogens with zero attached hydrogens (tertiary/aromatic N) is 1. The molecule has 0 aliphatic heterocycles. The van der Waals surface area contributed by atoms with Crippen molar-refractivity contribution in [2.45, 2.75) is 52.1 Å². The molecule has 0 saturated heterocycles. The van der Waals surface area contributed by atoms with Crippen LogP contribution in [0, 0.1) is 5.82 Å². The molecule has 0 aliphatic rings. The fraction of sp³-hybridized carbons (Fsp3) is 0.300. The Morgan fingerprint density at radius 1 is 0.981 bits per heavy atom. The van der Waals surface area contributed by atoms with Crippen LogP contribution in [0.2, 0.25) is 0 Å². The van der Waals surface area contributed by atoms with E-state index >= 15 is 0 Å². The van der Waals surface area contributed by atoms with Gasteiger partial charge in [0.15, 0.2) is 5.58 Å². The molecule has 4 aromatic carbocycles. The van der Waals surface area contributed by atoms with Crippen LogP contribution in [-0.4, -0.2) is 57.0 Å². The van der Waals surface area contributed by atoms with Gasteiger partial charge in [0.1, 0.15) is 29.4 Å². The lowest BCUT2D eigenvalue weighted by Gasteiger charge is -2.16. The number of hydrogen-bond acceptors (Lipinski definition) is 10. The summed E-state index contributed by atoms with van der Waals surface area (Å²) in [5.41, 5.74) is 10.8. The highest BCUT2D eigenvalue weighted by molar-refractivity contribution is 9.10. The number of nitrogens with two attached hydrogens (primary N) is 1. The molecular formula is C40H47BrFN5O6. The molecule has 0 saturated carbocycles. The molecule has 0 fully saturated rings. The number of carbonyl (C=O) groups excluding carboxylic acids is 3. The van der Waals surface area contributed by atoms with Crippen LogP contribution in [0.1, 0.15) is 54.6 Å². The fourth-order valence-corrected chi connectivity index (χ4v) is 5.61. The molecule has 1 heterocycles. The lowest BCUT2D eigenvalue weighted by molar-refractivity contribution is -0.145. The van der Waals surface area contributed by atoms with E-state index < -0.39 is 17.8 Å². The number of fused-ring (bicyclic) bond motifs is 1. The van der Waals surface area contributed by atoms with Crippen molar-refractivity contribution in [1.29, 1.82) is 0 Å². The molecular weight excluding hydrogens is 745 g/mol. The van der Waals surface area contributed by atoms with Gasteiger partial charge in [-0.05, 0) is 114 Å². The van der Waals surface area contributed by atoms with Crippen LogP contribution in [0.25, 0.3) is 22.6 Å². The number of carbonyl (C=O) groups is 3. The van der Waals surface area contributed by atoms with Gasteiger partial charge in [-0.25, -0.2) is 14.2 Å². The van der Waals surface area contributed by atoms with E-state index in [2.05, 4.69) is 36.9 Å². The van der Waals surface area contributed by atoms with Crippen molar-refractivity contribution < 1.29 is 32.7 Å². The quantitative estimate of drug-likeness (QED) is 0.0467. The number of rotatable bonds is 15. The van der Waals surface area contributed by atoms with Crippen LogP contribution in [0.4, 0.5) is 15.8 Å². The van der Waals surface area contributed by atoms with E-state index in [-0.39, 0.29) is 18.2 Å². The molecule has 0 spiro atoms. The van der Waals surface area contributed by atoms with E-state index in [1.165, 1.54) is 13.2 Å². The number of ether oxygens (including phenoxy) is 2. The molecule has 5 N–H and O–H groups in total. The van der Waals surface area contributed by atoms with Crippen LogP contribution in [0.3, 0.4) is 0 Å². The first-order valence-corrected chi connectivity index (χ1v) is 18.0. The average Bonchev–Trinajstić information content (AvgIpc) is 3.61. The van der Waals surface area contributed by atoms with Gasteiger partial charge in [-0.1, -0.05) is 32.0 Å². The molecule has 1 amide bonds. The number of oxazole rings is 1. The zero-order chi connectivity index (χ0) is 38.8. The molecule has 11 nitrogen and oxygen atoms in total. The molecule has 13 heteroatoms. The maximum atomic E-state index is 14.9. The second-order valence-electron chi connectivity index (χ2n) is 11.4. The van der Waals surface area contributed by atoms with Crippen LogP contribution < -0.4 is 26.4 Å². The summed E-state index contributed by atoms with van der Waals surface area (Å²) in [6.45, 7) is 5.00. The SMILES string of the molecule is CC.CNc1ccc(CNc2ccc(-c3nc4cc(CC(=O)NC(CCCCN)C(=O)OC)ccc4o3)cc2F)cc1.COc1ccc(C=O)cc1Br. The largest absolute Gasteiger partial charge is 0.496 e. The molecule has 53 heavy (non-hydrogen) atoms. The number of amides is 1. The molecule has 0 aliphatic carbocycles. The number of benzene rings is 4. The first kappa shape index (κ1) is 42.1. The van der Waals surface area contributed by atoms with Crippen LogP contribution in [0.15, 0.2) is 87.8 Å². The number of hydrogen-bond donors (Lipinski definition) is 4. The van der Waals surface area contributed by atoms with Crippen molar-refractivity contribution >= 4 is 56.6 Å². The van der Waals surface area contributed by atoms with Crippen molar-refractivity contribution in [1.82, 2.24) is 10.3 Å². The summed E-state index contributed by atoms with van der Waals surface area (Å²) >= 11 is 3.26. The van der Waals surface area contributed by atoms with E-state index in [4.69, 9.17) is 19.6 Å². The Morgan fingerprint density at radius 2 is 1.72 bits per heavy atom. The summed E-state index contributed by atoms with van der Waals surface area (Å²) in [6.07, 6.45) is 2.76. The van der Waals surface area contributed by atoms with Gasteiger partial charge in [0.05, 0.1) is 30.8 Å². The smallest absolute Gasteiger partial charge is 0.328 e. The summed E-state index contributed by atoms with van der Waals surface area (Å²) in [7, 11) is 4.73. The predicted octanol–water partition coefficient (Wildman–Crippen LogP) is 7.91. The van der Waals surface area contributed by atoms with Gasteiger partial charge < -0.3 is 35.6 Å². The summed E-state index contributed by atoms with van der Waals surface area (Å²) in [5.74, 6) is -0.213. The molecule has 0 bridgehead atoms. The van der Waals surface area contributed by atoms with E-state index in [9.17, 15) is 18.8 Å². The minimum atomic E-state index is -0.724. The van der Waals surface area contributed by atoms with Crippen molar-refractivity contribution in [3.05, 3.63) is 106 Å². The minimum absolute atomic E-state index is 0.0508. The van der Waals surface area contributed by atoms with Gasteiger partial charge in [0.2, 0.25) is 11.8 Å². The molecule has 1 aromatic heterocycles. The van der Waals surface area contributed by atoms with Crippen molar-refractivity contribution in [2.24, 2.45) is 5.73 Å². The number of nitrogens with one attached hydrogen (secondary N) is 3. The Kier molecular flexibility index (Phi) is 17.5.